The van der Waals surface area contributed by atoms with E-state index >= 15 is 0 Å². The van der Waals surface area contributed by atoms with Crippen LogP contribution in [0.5, 0.6) is 0 Å². The topological polar surface area (TPSA) is 46.2 Å². The summed E-state index contributed by atoms with van der Waals surface area (Å²) in [4.78, 5) is 0.305. The SMILES string of the molecule is C#Cc1cccc(NS(=O)(=O)c2ccc3c(c2)CCCC3)c1. The van der Waals surface area contributed by atoms with Crippen LogP contribution in [-0.4, -0.2) is 8.42 Å². The van der Waals surface area contributed by atoms with E-state index in [1.165, 1.54) is 12.0 Å². The molecule has 0 bridgehead atoms. The first-order valence-electron chi connectivity index (χ1n) is 7.30. The number of anilines is 1. The monoisotopic (exact) mass is 311 g/mol. The molecule has 0 amide bonds. The van der Waals surface area contributed by atoms with Gasteiger partial charge in [0.25, 0.3) is 10.0 Å². The van der Waals surface area contributed by atoms with Gasteiger partial charge in [-0.1, -0.05) is 18.1 Å². The molecule has 4 heteroatoms. The zero-order valence-corrected chi connectivity index (χ0v) is 13.0. The van der Waals surface area contributed by atoms with Crippen LogP contribution in [0.3, 0.4) is 0 Å². The summed E-state index contributed by atoms with van der Waals surface area (Å²) < 4.78 is 27.6. The number of hydrogen-bond donors (Lipinski definition) is 1. The van der Waals surface area contributed by atoms with Gasteiger partial charge in [-0.25, -0.2) is 8.42 Å². The van der Waals surface area contributed by atoms with Crippen molar-refractivity contribution in [2.24, 2.45) is 0 Å². The number of hydrogen-bond acceptors (Lipinski definition) is 2. The van der Waals surface area contributed by atoms with E-state index in [2.05, 4.69) is 10.6 Å². The van der Waals surface area contributed by atoms with Gasteiger partial charge in [-0.15, -0.1) is 6.42 Å². The first-order chi connectivity index (χ1) is 10.6. The summed E-state index contributed by atoms with van der Waals surface area (Å²) in [5.41, 5.74) is 3.53. The molecule has 0 saturated carbocycles. The molecular weight excluding hydrogens is 294 g/mol. The Kier molecular flexibility index (Phi) is 3.91. The van der Waals surface area contributed by atoms with Crippen molar-refractivity contribution in [3.63, 3.8) is 0 Å². The quantitative estimate of drug-likeness (QED) is 0.884. The van der Waals surface area contributed by atoms with Gasteiger partial charge in [-0.3, -0.25) is 4.72 Å². The van der Waals surface area contributed by atoms with E-state index < -0.39 is 10.0 Å². The van der Waals surface area contributed by atoms with E-state index in [0.29, 0.717) is 16.1 Å². The van der Waals surface area contributed by atoms with Gasteiger partial charge in [-0.2, -0.15) is 0 Å². The van der Waals surface area contributed by atoms with Gasteiger partial charge in [-0.05, 0) is 67.1 Å². The molecule has 3 rings (SSSR count). The van der Waals surface area contributed by atoms with Crippen molar-refractivity contribution >= 4 is 15.7 Å². The highest BCUT2D eigenvalue weighted by atomic mass is 32.2. The van der Waals surface area contributed by atoms with Gasteiger partial charge >= 0.3 is 0 Å². The minimum atomic E-state index is -3.59. The maximum atomic E-state index is 12.5. The third kappa shape index (κ3) is 3.00. The fourth-order valence-electron chi connectivity index (χ4n) is 2.76. The van der Waals surface area contributed by atoms with Crippen LogP contribution >= 0.6 is 0 Å². The van der Waals surface area contributed by atoms with Crippen LogP contribution in [0.15, 0.2) is 47.4 Å². The van der Waals surface area contributed by atoms with Crippen LogP contribution in [0, 0.1) is 12.3 Å². The lowest BCUT2D eigenvalue weighted by Gasteiger charge is -2.17. The zero-order chi connectivity index (χ0) is 15.6. The summed E-state index contributed by atoms with van der Waals surface area (Å²) in [6.07, 6.45) is 9.62. The first kappa shape index (κ1) is 14.7. The molecule has 3 nitrogen and oxygen atoms in total. The van der Waals surface area contributed by atoms with Crippen LogP contribution < -0.4 is 4.72 Å². The van der Waals surface area contributed by atoms with Crippen molar-refractivity contribution in [3.05, 3.63) is 59.2 Å². The van der Waals surface area contributed by atoms with Crippen molar-refractivity contribution in [2.75, 3.05) is 4.72 Å². The molecule has 0 atom stereocenters. The summed E-state index contributed by atoms with van der Waals surface area (Å²) in [6, 6.07) is 12.2. The van der Waals surface area contributed by atoms with Crippen molar-refractivity contribution in [2.45, 2.75) is 30.6 Å². The molecule has 0 fully saturated rings. The summed E-state index contributed by atoms with van der Waals surface area (Å²) >= 11 is 0. The van der Waals surface area contributed by atoms with Crippen molar-refractivity contribution < 1.29 is 8.42 Å². The number of sulfonamides is 1. The summed E-state index contributed by atoms with van der Waals surface area (Å²) in [5.74, 6) is 2.50. The van der Waals surface area contributed by atoms with E-state index in [1.54, 1.807) is 36.4 Å². The lowest BCUT2D eigenvalue weighted by molar-refractivity contribution is 0.600. The molecule has 0 aliphatic heterocycles. The van der Waals surface area contributed by atoms with Crippen molar-refractivity contribution in [1.29, 1.82) is 0 Å². The van der Waals surface area contributed by atoms with Crippen LogP contribution in [-0.2, 0) is 22.9 Å². The van der Waals surface area contributed by atoms with Crippen LogP contribution in [0.25, 0.3) is 0 Å². The van der Waals surface area contributed by atoms with Crippen LogP contribution in [0.1, 0.15) is 29.5 Å². The van der Waals surface area contributed by atoms with Crippen LogP contribution in [0.2, 0.25) is 0 Å². The molecule has 1 aliphatic rings. The molecule has 0 aromatic heterocycles. The van der Waals surface area contributed by atoms with Crippen molar-refractivity contribution in [3.8, 4) is 12.3 Å². The Morgan fingerprint density at radius 2 is 1.77 bits per heavy atom. The lowest BCUT2D eigenvalue weighted by atomic mass is 9.92. The van der Waals surface area contributed by atoms with Gasteiger partial charge in [0.1, 0.15) is 0 Å². The zero-order valence-electron chi connectivity index (χ0n) is 12.2. The number of nitrogens with one attached hydrogen (secondary N) is 1. The highest BCUT2D eigenvalue weighted by molar-refractivity contribution is 7.92. The van der Waals surface area contributed by atoms with E-state index in [0.717, 1.165) is 24.8 Å². The van der Waals surface area contributed by atoms with E-state index in [1.807, 2.05) is 6.07 Å². The second-order valence-electron chi connectivity index (χ2n) is 5.47. The Morgan fingerprint density at radius 1 is 1.00 bits per heavy atom. The molecule has 2 aromatic carbocycles. The first-order valence-corrected chi connectivity index (χ1v) is 8.78. The average molecular weight is 311 g/mol. The third-order valence-electron chi connectivity index (χ3n) is 3.91. The summed E-state index contributed by atoms with van der Waals surface area (Å²) in [6.45, 7) is 0. The highest BCUT2D eigenvalue weighted by Crippen LogP contribution is 2.25. The van der Waals surface area contributed by atoms with E-state index in [4.69, 9.17) is 6.42 Å². The molecule has 0 heterocycles. The minimum absolute atomic E-state index is 0.305. The number of rotatable bonds is 3. The third-order valence-corrected chi connectivity index (χ3v) is 5.29. The smallest absolute Gasteiger partial charge is 0.261 e. The van der Waals surface area contributed by atoms with Gasteiger partial charge in [0.15, 0.2) is 0 Å². The number of aryl methyl sites for hydroxylation is 2. The highest BCUT2D eigenvalue weighted by Gasteiger charge is 2.17. The van der Waals surface area contributed by atoms with Gasteiger partial charge in [0.05, 0.1) is 10.6 Å². The molecule has 1 aliphatic carbocycles. The predicted molar refractivity (Wildman–Crippen MR) is 88.3 cm³/mol. The fourth-order valence-corrected chi connectivity index (χ4v) is 3.86. The Hall–Kier alpha value is -2.25. The molecule has 0 saturated heterocycles. The maximum absolute atomic E-state index is 12.5. The van der Waals surface area contributed by atoms with Crippen molar-refractivity contribution in [1.82, 2.24) is 0 Å². The van der Waals surface area contributed by atoms with Crippen LogP contribution in [0.4, 0.5) is 5.69 Å². The summed E-state index contributed by atoms with van der Waals surface area (Å²) in [7, 11) is -3.59. The lowest BCUT2D eigenvalue weighted by Crippen LogP contribution is -2.14. The van der Waals surface area contributed by atoms with E-state index in [9.17, 15) is 8.42 Å². The molecule has 22 heavy (non-hydrogen) atoms. The standard InChI is InChI=1S/C18H17NO2S/c1-2-14-6-5-9-17(12-14)19-22(20,21)18-11-10-15-7-3-4-8-16(15)13-18/h1,5-6,9-13,19H,3-4,7-8H2. The predicted octanol–water partition coefficient (Wildman–Crippen LogP) is 3.35. The molecule has 0 radical (unpaired) electrons. The molecule has 112 valence electrons. The molecule has 0 spiro atoms. The molecule has 0 unspecified atom stereocenters. The second kappa shape index (κ2) is 5.86. The fraction of sp³-hybridized carbons (Fsp3) is 0.222. The maximum Gasteiger partial charge on any atom is 0.261 e. The largest absolute Gasteiger partial charge is 0.280 e. The van der Waals surface area contributed by atoms with Gasteiger partial charge < -0.3 is 0 Å². The Bertz CT molecular complexity index is 848. The molecule has 1 N–H and O–H groups in total. The molecular formula is C18H17NO2S. The second-order valence-corrected chi connectivity index (χ2v) is 7.15. The minimum Gasteiger partial charge on any atom is -0.280 e. The Morgan fingerprint density at radius 3 is 2.55 bits per heavy atom. The number of benzene rings is 2. The number of terminal acetylenes is 1. The molecule has 2 aromatic rings. The number of fused-ring (bicyclic) bond motifs is 1. The normalized spacial score (nSPS) is 14.0. The Labute approximate surface area is 131 Å². The van der Waals surface area contributed by atoms with E-state index in [-0.39, 0.29) is 0 Å². The summed E-state index contributed by atoms with van der Waals surface area (Å²) in [5, 5.41) is 0. The van der Waals surface area contributed by atoms with Gasteiger partial charge in [0.2, 0.25) is 0 Å². The Balaban J connectivity index is 1.91. The van der Waals surface area contributed by atoms with Gasteiger partial charge in [0, 0.05) is 5.56 Å². The average Bonchev–Trinajstić information content (AvgIpc) is 2.54.